The van der Waals surface area contributed by atoms with Crippen LogP contribution in [0, 0.1) is 10.8 Å². The van der Waals surface area contributed by atoms with E-state index in [1.807, 2.05) is 49.6 Å². The first-order chi connectivity index (χ1) is 24.3. The van der Waals surface area contributed by atoms with Crippen LogP contribution in [0.3, 0.4) is 0 Å². The smallest absolute Gasteiger partial charge is 0.411 e. The van der Waals surface area contributed by atoms with Crippen molar-refractivity contribution in [1.29, 1.82) is 5.41 Å². The van der Waals surface area contributed by atoms with Crippen LogP contribution in [-0.2, 0) is 9.97 Å². The van der Waals surface area contributed by atoms with Crippen LogP contribution in [0.1, 0.15) is 62.0 Å². The number of nitrogens with one attached hydrogen (secondary N) is 4. The van der Waals surface area contributed by atoms with Crippen molar-refractivity contribution in [3.63, 3.8) is 0 Å². The summed E-state index contributed by atoms with van der Waals surface area (Å²) in [5.74, 6) is -0.501. The van der Waals surface area contributed by atoms with Gasteiger partial charge >= 0.3 is 12.3 Å². The highest BCUT2D eigenvalue weighted by Gasteiger charge is 2.64. The van der Waals surface area contributed by atoms with Crippen LogP contribution in [0.5, 0.6) is 0 Å². The maximum absolute atomic E-state index is 14.5. The Morgan fingerprint density at radius 3 is 2.38 bits per heavy atom. The van der Waals surface area contributed by atoms with Crippen molar-refractivity contribution in [2.45, 2.75) is 63.0 Å². The number of amides is 2. The fourth-order valence-corrected chi connectivity index (χ4v) is 5.74. The van der Waals surface area contributed by atoms with E-state index in [0.29, 0.717) is 34.9 Å². The van der Waals surface area contributed by atoms with Gasteiger partial charge in [-0.05, 0) is 65.3 Å². The predicted molar refractivity (Wildman–Crippen MR) is 199 cm³/mol. The van der Waals surface area contributed by atoms with E-state index in [4.69, 9.17) is 21.7 Å². The molecule has 0 saturated heterocycles. The van der Waals surface area contributed by atoms with Crippen LogP contribution in [-0.4, -0.2) is 96.2 Å². The van der Waals surface area contributed by atoms with Crippen LogP contribution in [0.15, 0.2) is 61.2 Å². The van der Waals surface area contributed by atoms with Gasteiger partial charge in [-0.3, -0.25) is 24.9 Å². The van der Waals surface area contributed by atoms with Crippen molar-refractivity contribution in [3.8, 4) is 22.5 Å². The van der Waals surface area contributed by atoms with Gasteiger partial charge in [0.25, 0.3) is 5.91 Å². The number of H-pyrrole nitrogens is 1. The Hall–Kier alpha value is -4.73. The third kappa shape index (κ3) is 8.83. The molecule has 12 nitrogen and oxygen atoms in total. The molecule has 2 heterocycles. The van der Waals surface area contributed by atoms with Crippen molar-refractivity contribution in [1.82, 2.24) is 40.5 Å². The molecule has 52 heavy (non-hydrogen) atoms. The molecule has 1 saturated carbocycles. The molecule has 4 aromatic rings. The van der Waals surface area contributed by atoms with Crippen molar-refractivity contribution < 1.29 is 27.5 Å². The molecular formula is C33H40B3ClF3N9O3. The Morgan fingerprint density at radius 1 is 1.12 bits per heavy atom. The standard InChI is InChI=1S/C33H40B3ClF3N9O3/c1-30(2,3)12-13-42-28(41)48(27(50)20-6-4-19(5-7-20)22-15-44-45-16-22)25(17-52-29(51)47-31(10-11-31)32(38,39)40)21-8-9-24(37)23(14-21)26-43-18-46-49(26)33(34,35)36/h4-9,14-16,18,25H,10-13,17,34-36H2,1-3H3,(H2,41,42)(H,44,45)(H,47,51)/t25-/m1/s1. The summed E-state index contributed by atoms with van der Waals surface area (Å²) in [4.78, 5) is 33.0. The molecule has 272 valence electrons. The third-order valence-electron chi connectivity index (χ3n) is 8.71. The lowest BCUT2D eigenvalue weighted by Crippen LogP contribution is -2.50. The summed E-state index contributed by atoms with van der Waals surface area (Å²) in [6.07, 6.45) is -1.13. The number of hydrogen-bond donors (Lipinski definition) is 4. The highest BCUT2D eigenvalue weighted by Crippen LogP contribution is 2.49. The summed E-state index contributed by atoms with van der Waals surface area (Å²) in [5, 5.41) is 25.1. The van der Waals surface area contributed by atoms with E-state index in [2.05, 4.69) is 25.6 Å². The zero-order chi connectivity index (χ0) is 38.1. The Morgan fingerprint density at radius 2 is 1.81 bits per heavy atom. The molecule has 1 aliphatic rings. The molecule has 0 bridgehead atoms. The number of rotatable bonds is 11. The van der Waals surface area contributed by atoms with Gasteiger partial charge < -0.3 is 15.4 Å². The molecule has 1 fully saturated rings. The maximum atomic E-state index is 14.5. The lowest BCUT2D eigenvalue weighted by molar-refractivity contribution is -0.164. The van der Waals surface area contributed by atoms with E-state index in [1.165, 1.54) is 6.33 Å². The summed E-state index contributed by atoms with van der Waals surface area (Å²) in [5.41, 5.74) is 0.149. The third-order valence-corrected chi connectivity index (χ3v) is 9.04. The van der Waals surface area contributed by atoms with E-state index < -0.39 is 41.6 Å². The maximum Gasteiger partial charge on any atom is 0.411 e. The lowest BCUT2D eigenvalue weighted by atomic mass is 9.49. The van der Waals surface area contributed by atoms with Gasteiger partial charge in [0.2, 0.25) is 0 Å². The molecule has 1 atom stereocenters. The SMILES string of the molecule is BC(B)(B)n1ncnc1-c1cc([C@@H](COC(=O)NC2(C(F)(F)F)CC2)N(C(=N)NCCC(C)(C)C)C(=O)c2ccc(-c3cn[nH]c3)cc2)ccc1Cl. The number of nitrogens with zero attached hydrogens (tertiary/aromatic N) is 5. The number of carbonyl (C=O) groups excluding carboxylic acids is 2. The van der Waals surface area contributed by atoms with Gasteiger partial charge in [0.15, 0.2) is 11.8 Å². The Balaban J connectivity index is 1.57. The molecule has 0 spiro atoms. The number of ether oxygens (including phenoxy) is 1. The molecule has 1 aliphatic carbocycles. The largest absolute Gasteiger partial charge is 0.447 e. The molecule has 0 aliphatic heterocycles. The zero-order valence-electron chi connectivity index (χ0n) is 29.9. The average molecular weight is 736 g/mol. The quantitative estimate of drug-likeness (QED) is 0.105. The number of hydrogen-bond acceptors (Lipinski definition) is 7. The van der Waals surface area contributed by atoms with Crippen LogP contribution in [0.4, 0.5) is 18.0 Å². The Labute approximate surface area is 307 Å². The molecule has 19 heteroatoms. The van der Waals surface area contributed by atoms with E-state index in [0.717, 1.165) is 16.0 Å². The van der Waals surface area contributed by atoms with E-state index in [1.54, 1.807) is 59.5 Å². The van der Waals surface area contributed by atoms with Gasteiger partial charge in [-0.1, -0.05) is 50.6 Å². The summed E-state index contributed by atoms with van der Waals surface area (Å²) in [6, 6.07) is 10.3. The second kappa shape index (κ2) is 14.7. The average Bonchev–Trinajstić information content (AvgIpc) is 3.43. The molecule has 2 aromatic heterocycles. The number of carbonyl (C=O) groups is 2. The number of halogens is 4. The van der Waals surface area contributed by atoms with Crippen LogP contribution in [0.25, 0.3) is 22.5 Å². The van der Waals surface area contributed by atoms with E-state index >= 15 is 0 Å². The molecule has 0 unspecified atom stereocenters. The fourth-order valence-electron chi connectivity index (χ4n) is 5.54. The highest BCUT2D eigenvalue weighted by molar-refractivity contribution is 6.56. The van der Waals surface area contributed by atoms with Gasteiger partial charge in [0, 0.05) is 29.4 Å². The second-order valence-electron chi connectivity index (χ2n) is 15.1. The molecule has 2 aromatic carbocycles. The van der Waals surface area contributed by atoms with Gasteiger partial charge in [0.05, 0.1) is 17.3 Å². The van der Waals surface area contributed by atoms with Crippen LogP contribution < -0.4 is 10.6 Å². The van der Waals surface area contributed by atoms with Crippen molar-refractivity contribution in [2.75, 3.05) is 13.2 Å². The van der Waals surface area contributed by atoms with Gasteiger partial charge in [-0.25, -0.2) is 9.78 Å². The van der Waals surface area contributed by atoms with Crippen molar-refractivity contribution in [3.05, 3.63) is 77.3 Å². The first kappa shape index (κ1) is 38.5. The van der Waals surface area contributed by atoms with E-state index in [-0.39, 0.29) is 29.8 Å². The molecular weight excluding hydrogens is 695 g/mol. The van der Waals surface area contributed by atoms with E-state index in [9.17, 15) is 22.8 Å². The number of benzene rings is 2. The predicted octanol–water partition coefficient (Wildman–Crippen LogP) is 3.42. The minimum atomic E-state index is -4.66. The van der Waals surface area contributed by atoms with Crippen molar-refractivity contribution in [2.24, 2.45) is 5.41 Å². The van der Waals surface area contributed by atoms with Crippen LogP contribution in [0.2, 0.25) is 5.02 Å². The normalized spacial score (nSPS) is 14.7. The molecule has 4 N–H and O–H groups in total. The highest BCUT2D eigenvalue weighted by atomic mass is 35.5. The molecule has 5 rings (SSSR count). The van der Waals surface area contributed by atoms with Crippen LogP contribution >= 0.6 is 11.6 Å². The van der Waals surface area contributed by atoms with Gasteiger partial charge in [-0.2, -0.15) is 23.4 Å². The minimum Gasteiger partial charge on any atom is -0.447 e. The topological polar surface area (TPSA) is 154 Å². The summed E-state index contributed by atoms with van der Waals surface area (Å²) < 4.78 is 48.3. The Bertz CT molecular complexity index is 1910. The minimum absolute atomic E-state index is 0.100. The summed E-state index contributed by atoms with van der Waals surface area (Å²) in [6.45, 7) is 5.84. The molecule has 0 radical (unpaired) electrons. The first-order valence-electron chi connectivity index (χ1n) is 16.8. The summed E-state index contributed by atoms with van der Waals surface area (Å²) >= 11 is 6.71. The number of aromatic nitrogens is 5. The summed E-state index contributed by atoms with van der Waals surface area (Å²) in [7, 11) is 5.82. The Kier molecular flexibility index (Phi) is 10.9. The van der Waals surface area contributed by atoms with Gasteiger partial charge in [-0.15, -0.1) is 0 Å². The number of alkyl halides is 3. The monoisotopic (exact) mass is 735 g/mol. The van der Waals surface area contributed by atoms with Gasteiger partial charge in [0.1, 0.15) is 42.0 Å². The fraction of sp³-hybridized carbons (Fsp3) is 0.394. The first-order valence-corrected chi connectivity index (χ1v) is 17.1. The molecule has 2 amide bonds. The lowest BCUT2D eigenvalue weighted by Gasteiger charge is -2.33. The van der Waals surface area contributed by atoms with Crippen molar-refractivity contribution >= 4 is 53.1 Å². The zero-order valence-corrected chi connectivity index (χ0v) is 30.6. The second-order valence-corrected chi connectivity index (χ2v) is 15.5. The number of alkyl carbamates (subject to hydrolysis) is 1. The number of aromatic amines is 1. The number of guanidine groups is 1.